The quantitative estimate of drug-likeness (QED) is 0.398. The maximum atomic E-state index is 5.72. The minimum Gasteiger partial charge on any atom is -0.324 e. The molecule has 0 fully saturated rings. The van der Waals surface area contributed by atoms with Gasteiger partial charge in [-0.05, 0) is 16.7 Å². The van der Waals surface area contributed by atoms with Crippen LogP contribution in [0.3, 0.4) is 0 Å². The van der Waals surface area contributed by atoms with Crippen LogP contribution in [0.2, 0.25) is 0 Å². The molecule has 0 heterocycles. The Morgan fingerprint density at radius 1 is 0.667 bits per heavy atom. The lowest BCUT2D eigenvalue weighted by Gasteiger charge is -2.29. The first kappa shape index (κ1) is 16.0. The van der Waals surface area contributed by atoms with Crippen LogP contribution in [0.15, 0.2) is 91.0 Å². The second kappa shape index (κ2) is 7.14. The van der Waals surface area contributed by atoms with Crippen LogP contribution in [-0.2, 0) is 14.6 Å². The molecule has 0 spiro atoms. The van der Waals surface area contributed by atoms with Gasteiger partial charge in [-0.25, -0.2) is 0 Å². The van der Waals surface area contributed by atoms with Gasteiger partial charge in [0.25, 0.3) is 0 Å². The molecule has 0 amide bonds. The molecule has 2 heteroatoms. The Kier molecular flexibility index (Phi) is 4.76. The Hall–Kier alpha value is -2.87. The summed E-state index contributed by atoms with van der Waals surface area (Å²) in [6, 6.07) is 31.0. The zero-order valence-corrected chi connectivity index (χ0v) is 14.0. The monoisotopic (exact) mass is 317 g/mol. The van der Waals surface area contributed by atoms with Gasteiger partial charge < -0.3 is 9.16 Å². The molecule has 120 valence electrons. The fraction of sp³-hybridized carbons (Fsp3) is 0.136. The Labute approximate surface area is 143 Å². The number of ether oxygens (including phenoxy) is 1. The highest BCUT2D eigenvalue weighted by molar-refractivity contribution is 5.92. The lowest BCUT2D eigenvalue weighted by Crippen LogP contribution is -2.40. The van der Waals surface area contributed by atoms with Crippen molar-refractivity contribution in [3.8, 4) is 0 Å². The molecule has 0 atom stereocenters. The van der Waals surface area contributed by atoms with E-state index in [0.29, 0.717) is 5.97 Å². The number of hydrogen-bond donors (Lipinski definition) is 0. The topological polar surface area (TPSA) is 20.5 Å². The average Bonchev–Trinajstić information content (AvgIpc) is 2.68. The summed E-state index contributed by atoms with van der Waals surface area (Å²) in [5.41, 5.74) is 2.66. The Morgan fingerprint density at radius 3 is 1.25 bits per heavy atom. The lowest BCUT2D eigenvalue weighted by molar-refractivity contribution is -0.434. The SMILES string of the molecule is COC(=[O+]C)C(c1ccccc1)(c1ccccc1)c1ccccc1. The summed E-state index contributed by atoms with van der Waals surface area (Å²) >= 11 is 0. The number of hydrogen-bond acceptors (Lipinski definition) is 1. The molecule has 0 saturated carbocycles. The van der Waals surface area contributed by atoms with Crippen molar-refractivity contribution < 1.29 is 9.16 Å². The summed E-state index contributed by atoms with van der Waals surface area (Å²) in [4.78, 5) is 0. The first-order chi connectivity index (χ1) is 11.8. The fourth-order valence-electron chi connectivity index (χ4n) is 3.31. The molecule has 3 rings (SSSR count). The van der Waals surface area contributed by atoms with Gasteiger partial charge in [0, 0.05) is 0 Å². The summed E-state index contributed by atoms with van der Waals surface area (Å²) < 4.78 is 11.4. The number of carbonyl (C=O) groups excluding carboxylic acids is 1. The maximum absolute atomic E-state index is 5.72. The Balaban J connectivity index is 2.42. The molecule has 3 aromatic rings. The summed E-state index contributed by atoms with van der Waals surface area (Å²) in [7, 11) is 3.31. The molecule has 3 aromatic carbocycles. The normalized spacial score (nSPS) is 12.0. The molecule has 0 aliphatic heterocycles. The van der Waals surface area contributed by atoms with Gasteiger partial charge in [0.2, 0.25) is 0 Å². The van der Waals surface area contributed by atoms with E-state index in [1.54, 1.807) is 14.2 Å². The molecule has 0 unspecified atom stereocenters. The van der Waals surface area contributed by atoms with E-state index in [1.807, 2.05) is 54.6 Å². The van der Waals surface area contributed by atoms with Crippen LogP contribution in [0.4, 0.5) is 0 Å². The van der Waals surface area contributed by atoms with Gasteiger partial charge in [-0.1, -0.05) is 91.0 Å². The van der Waals surface area contributed by atoms with Gasteiger partial charge in [-0.3, -0.25) is 0 Å². The average molecular weight is 317 g/mol. The van der Waals surface area contributed by atoms with Crippen LogP contribution in [0.1, 0.15) is 16.7 Å². The van der Waals surface area contributed by atoms with Crippen molar-refractivity contribution in [2.45, 2.75) is 5.41 Å². The van der Waals surface area contributed by atoms with Gasteiger partial charge in [0.1, 0.15) is 0 Å². The molecule has 0 radical (unpaired) electrons. The van der Waals surface area contributed by atoms with E-state index in [9.17, 15) is 0 Å². The second-order valence-corrected chi connectivity index (χ2v) is 5.54. The summed E-state index contributed by atoms with van der Waals surface area (Å²) in [5, 5.41) is 0. The van der Waals surface area contributed by atoms with E-state index in [2.05, 4.69) is 36.4 Å². The highest BCUT2D eigenvalue weighted by Crippen LogP contribution is 2.40. The van der Waals surface area contributed by atoms with Gasteiger partial charge in [0.15, 0.2) is 19.6 Å². The number of methoxy groups -OCH3 is 1. The van der Waals surface area contributed by atoms with Crippen LogP contribution >= 0.6 is 0 Å². The zero-order chi connectivity index (χ0) is 16.8. The summed E-state index contributed by atoms with van der Waals surface area (Å²) in [6.45, 7) is 0. The number of rotatable bonds is 4. The molecular weight excluding hydrogens is 296 g/mol. The third-order valence-corrected chi connectivity index (χ3v) is 4.30. The molecule has 0 bridgehead atoms. The molecule has 0 saturated heterocycles. The lowest BCUT2D eigenvalue weighted by atomic mass is 9.69. The maximum Gasteiger partial charge on any atom is 0.504 e. The van der Waals surface area contributed by atoms with E-state index in [-0.39, 0.29) is 0 Å². The molecule has 2 nitrogen and oxygen atoms in total. The highest BCUT2D eigenvalue weighted by Gasteiger charge is 2.51. The third-order valence-electron chi connectivity index (χ3n) is 4.30. The number of esters is 1. The van der Waals surface area contributed by atoms with Gasteiger partial charge in [0.05, 0.1) is 0 Å². The van der Waals surface area contributed by atoms with Crippen LogP contribution in [0.25, 0.3) is 0 Å². The third kappa shape index (κ3) is 2.61. The van der Waals surface area contributed by atoms with E-state index in [4.69, 9.17) is 9.16 Å². The van der Waals surface area contributed by atoms with E-state index >= 15 is 0 Å². The van der Waals surface area contributed by atoms with Crippen molar-refractivity contribution in [1.29, 1.82) is 0 Å². The highest BCUT2D eigenvalue weighted by atomic mass is 16.6. The standard InChI is InChI=1S/C22H21O2/c1-23-21(24-2)22(18-12-6-3-7-13-18,19-14-8-4-9-15-19)20-16-10-5-11-17-20/h3-17H,1-2H3/q+1. The van der Waals surface area contributed by atoms with Crippen LogP contribution in [0, 0.1) is 0 Å². The predicted molar refractivity (Wildman–Crippen MR) is 97.1 cm³/mol. The molecule has 24 heavy (non-hydrogen) atoms. The van der Waals surface area contributed by atoms with E-state index < -0.39 is 5.41 Å². The molecule has 0 aliphatic carbocycles. The van der Waals surface area contributed by atoms with Crippen molar-refractivity contribution in [3.05, 3.63) is 108 Å². The van der Waals surface area contributed by atoms with Crippen LogP contribution in [0.5, 0.6) is 0 Å². The minimum atomic E-state index is -0.632. The first-order valence-corrected chi connectivity index (χ1v) is 7.96. The van der Waals surface area contributed by atoms with Crippen molar-refractivity contribution in [2.75, 3.05) is 14.2 Å². The predicted octanol–water partition coefficient (Wildman–Crippen LogP) is 4.36. The van der Waals surface area contributed by atoms with Crippen molar-refractivity contribution in [2.24, 2.45) is 0 Å². The van der Waals surface area contributed by atoms with Gasteiger partial charge in [-0.15, -0.1) is 0 Å². The first-order valence-electron chi connectivity index (χ1n) is 7.96. The van der Waals surface area contributed by atoms with Gasteiger partial charge in [-0.2, -0.15) is 0 Å². The van der Waals surface area contributed by atoms with Crippen molar-refractivity contribution in [3.63, 3.8) is 0 Å². The summed E-state index contributed by atoms with van der Waals surface area (Å²) in [6.07, 6.45) is 0. The molecular formula is C22H21O2+. The molecule has 0 N–H and O–H groups in total. The van der Waals surface area contributed by atoms with E-state index in [1.165, 1.54) is 0 Å². The minimum absolute atomic E-state index is 0.547. The zero-order valence-electron chi connectivity index (χ0n) is 14.0. The van der Waals surface area contributed by atoms with Crippen LogP contribution < -0.4 is 0 Å². The largest absolute Gasteiger partial charge is 0.504 e. The smallest absolute Gasteiger partial charge is 0.324 e. The Bertz CT molecular complexity index is 696. The molecule has 0 aromatic heterocycles. The fourth-order valence-corrected chi connectivity index (χ4v) is 3.31. The van der Waals surface area contributed by atoms with E-state index in [0.717, 1.165) is 16.7 Å². The second-order valence-electron chi connectivity index (χ2n) is 5.54. The van der Waals surface area contributed by atoms with Gasteiger partial charge >= 0.3 is 5.97 Å². The molecule has 0 aliphatic rings. The van der Waals surface area contributed by atoms with Crippen LogP contribution in [-0.4, -0.2) is 20.2 Å². The van der Waals surface area contributed by atoms with Crippen molar-refractivity contribution in [1.82, 2.24) is 0 Å². The Morgan fingerprint density at radius 2 is 1.00 bits per heavy atom. The van der Waals surface area contributed by atoms with Crippen molar-refractivity contribution >= 4 is 5.97 Å². The summed E-state index contributed by atoms with van der Waals surface area (Å²) in [5.74, 6) is 0.547. The number of benzene rings is 3.